The minimum Gasteiger partial charge on any atom is -0.496 e. The van der Waals surface area contributed by atoms with E-state index in [1.165, 1.54) is 28.0 Å². The summed E-state index contributed by atoms with van der Waals surface area (Å²) in [6.07, 6.45) is -0.296. The molecule has 2 unspecified atom stereocenters. The number of hydrogen-bond acceptors (Lipinski definition) is 8. The van der Waals surface area contributed by atoms with Crippen LogP contribution in [0.5, 0.6) is 11.5 Å². The maximum absolute atomic E-state index is 13.2. The highest BCUT2D eigenvalue weighted by Crippen LogP contribution is 2.49. The van der Waals surface area contributed by atoms with Gasteiger partial charge in [-0.25, -0.2) is 0 Å². The van der Waals surface area contributed by atoms with Crippen molar-refractivity contribution in [3.63, 3.8) is 0 Å². The number of carboxylic acids is 1. The van der Waals surface area contributed by atoms with Crippen LogP contribution in [0.2, 0.25) is 10.0 Å². The standard InChI is InChI=1S/C21H17Cl2N3O5S2/c1-30-14-5-3-2-4-12(14)20-26(19(29)16(32-20)9-18(27)28)21-25-24-17(33-21)10-31-15-7-6-11(22)8-13(15)23/h2-8,16,20H,9-10H2,1H3,(H,27,28). The van der Waals surface area contributed by atoms with Gasteiger partial charge in [0.05, 0.1) is 23.8 Å². The van der Waals surface area contributed by atoms with Crippen LogP contribution in [-0.2, 0) is 16.2 Å². The Morgan fingerprint density at radius 3 is 2.70 bits per heavy atom. The number of thioether (sulfide) groups is 1. The first-order valence-electron chi connectivity index (χ1n) is 9.61. The molecule has 0 saturated carbocycles. The van der Waals surface area contributed by atoms with Gasteiger partial charge in [0.15, 0.2) is 5.01 Å². The highest BCUT2D eigenvalue weighted by molar-refractivity contribution is 8.01. The maximum Gasteiger partial charge on any atom is 0.305 e. The molecule has 0 bridgehead atoms. The fourth-order valence-electron chi connectivity index (χ4n) is 3.25. The molecule has 2 atom stereocenters. The summed E-state index contributed by atoms with van der Waals surface area (Å²) in [6.45, 7) is 0.0894. The largest absolute Gasteiger partial charge is 0.496 e. The number of carbonyl (C=O) groups is 2. The average Bonchev–Trinajstić information content (AvgIpc) is 3.37. The number of para-hydroxylation sites is 1. The summed E-state index contributed by atoms with van der Waals surface area (Å²) in [5.41, 5.74) is 0.743. The van der Waals surface area contributed by atoms with Gasteiger partial charge in [0.2, 0.25) is 11.0 Å². The Morgan fingerprint density at radius 2 is 1.97 bits per heavy atom. The van der Waals surface area contributed by atoms with E-state index in [-0.39, 0.29) is 18.9 Å². The number of carboxylic acid groups (broad SMARTS) is 1. The van der Waals surface area contributed by atoms with E-state index >= 15 is 0 Å². The lowest BCUT2D eigenvalue weighted by molar-refractivity contribution is -0.138. The van der Waals surface area contributed by atoms with E-state index in [4.69, 9.17) is 32.7 Å². The van der Waals surface area contributed by atoms with Crippen molar-refractivity contribution in [2.75, 3.05) is 12.0 Å². The predicted molar refractivity (Wildman–Crippen MR) is 128 cm³/mol. The van der Waals surface area contributed by atoms with Gasteiger partial charge in [-0.05, 0) is 24.3 Å². The van der Waals surface area contributed by atoms with Crippen molar-refractivity contribution in [1.29, 1.82) is 0 Å². The minimum atomic E-state index is -1.05. The lowest BCUT2D eigenvalue weighted by Gasteiger charge is -2.22. The second-order valence-electron chi connectivity index (χ2n) is 6.87. The maximum atomic E-state index is 13.2. The molecule has 1 aromatic heterocycles. The molecule has 1 saturated heterocycles. The van der Waals surface area contributed by atoms with E-state index in [2.05, 4.69) is 10.2 Å². The van der Waals surface area contributed by atoms with E-state index in [9.17, 15) is 14.7 Å². The number of carbonyl (C=O) groups excluding carboxylic acids is 1. The Bertz CT molecular complexity index is 1190. The predicted octanol–water partition coefficient (Wildman–Crippen LogP) is 5.05. The first-order valence-corrected chi connectivity index (χ1v) is 12.1. The van der Waals surface area contributed by atoms with Crippen molar-refractivity contribution in [2.24, 2.45) is 0 Å². The Labute approximate surface area is 207 Å². The zero-order valence-corrected chi connectivity index (χ0v) is 20.2. The quantitative estimate of drug-likeness (QED) is 0.435. The number of ether oxygens (including phenoxy) is 2. The Morgan fingerprint density at radius 1 is 1.18 bits per heavy atom. The average molecular weight is 526 g/mol. The van der Waals surface area contributed by atoms with Crippen LogP contribution < -0.4 is 14.4 Å². The molecule has 1 aliphatic heterocycles. The van der Waals surface area contributed by atoms with Crippen molar-refractivity contribution in [1.82, 2.24) is 10.2 Å². The van der Waals surface area contributed by atoms with Gasteiger partial charge in [-0.1, -0.05) is 52.7 Å². The lowest BCUT2D eigenvalue weighted by atomic mass is 10.1. The smallest absolute Gasteiger partial charge is 0.305 e. The molecular weight excluding hydrogens is 509 g/mol. The molecular formula is C21H17Cl2N3O5S2. The van der Waals surface area contributed by atoms with Gasteiger partial charge in [0.1, 0.15) is 23.5 Å². The molecule has 12 heteroatoms. The first-order chi connectivity index (χ1) is 15.9. The number of benzene rings is 2. The molecule has 1 fully saturated rings. The zero-order valence-electron chi connectivity index (χ0n) is 17.1. The summed E-state index contributed by atoms with van der Waals surface area (Å²) in [7, 11) is 1.54. The summed E-state index contributed by atoms with van der Waals surface area (Å²) in [5, 5.41) is 18.0. The van der Waals surface area contributed by atoms with Gasteiger partial charge in [-0.15, -0.1) is 22.0 Å². The van der Waals surface area contributed by atoms with Gasteiger partial charge in [0.25, 0.3) is 0 Å². The van der Waals surface area contributed by atoms with E-state index in [1.807, 2.05) is 18.2 Å². The van der Waals surface area contributed by atoms with Crippen LogP contribution in [-0.4, -0.2) is 39.5 Å². The van der Waals surface area contributed by atoms with Crippen molar-refractivity contribution >= 4 is 63.3 Å². The summed E-state index contributed by atoms with van der Waals surface area (Å²) < 4.78 is 11.2. The molecule has 3 aromatic rings. The van der Waals surface area contributed by atoms with Crippen molar-refractivity contribution in [2.45, 2.75) is 23.7 Å². The number of methoxy groups -OCH3 is 1. The Hall–Kier alpha value is -2.53. The van der Waals surface area contributed by atoms with Crippen LogP contribution in [0.4, 0.5) is 5.13 Å². The summed E-state index contributed by atoms with van der Waals surface area (Å²) >= 11 is 14.5. The Kier molecular flexibility index (Phi) is 7.28. The highest BCUT2D eigenvalue weighted by Gasteiger charge is 2.45. The molecule has 33 heavy (non-hydrogen) atoms. The molecule has 0 radical (unpaired) electrons. The van der Waals surface area contributed by atoms with E-state index in [0.29, 0.717) is 31.7 Å². The fraction of sp³-hybridized carbons (Fsp3) is 0.238. The van der Waals surface area contributed by atoms with Gasteiger partial charge < -0.3 is 14.6 Å². The summed E-state index contributed by atoms with van der Waals surface area (Å²) in [5.74, 6) is -0.358. The summed E-state index contributed by atoms with van der Waals surface area (Å²) in [4.78, 5) is 26.0. The SMILES string of the molecule is COc1ccccc1C1SC(CC(=O)O)C(=O)N1c1nnc(COc2ccc(Cl)cc2Cl)s1. The molecule has 1 aliphatic rings. The molecule has 0 spiro atoms. The van der Waals surface area contributed by atoms with Crippen LogP contribution in [0.3, 0.4) is 0 Å². The van der Waals surface area contributed by atoms with E-state index < -0.39 is 16.6 Å². The lowest BCUT2D eigenvalue weighted by Crippen LogP contribution is -2.32. The normalized spacial score (nSPS) is 17.9. The van der Waals surface area contributed by atoms with Crippen molar-refractivity contribution in [3.8, 4) is 11.5 Å². The minimum absolute atomic E-state index is 0.0894. The van der Waals surface area contributed by atoms with Gasteiger partial charge in [-0.3, -0.25) is 14.5 Å². The van der Waals surface area contributed by atoms with Crippen LogP contribution >= 0.6 is 46.3 Å². The third-order valence-electron chi connectivity index (χ3n) is 4.71. The van der Waals surface area contributed by atoms with E-state index in [0.717, 1.165) is 5.56 Å². The molecule has 1 N–H and O–H groups in total. The molecule has 1 amide bonds. The van der Waals surface area contributed by atoms with Crippen LogP contribution in [0.1, 0.15) is 22.4 Å². The van der Waals surface area contributed by atoms with Crippen molar-refractivity contribution in [3.05, 3.63) is 63.1 Å². The van der Waals surface area contributed by atoms with Gasteiger partial charge in [-0.2, -0.15) is 0 Å². The molecule has 4 rings (SSSR count). The van der Waals surface area contributed by atoms with E-state index in [1.54, 1.807) is 31.4 Å². The second-order valence-corrected chi connectivity index (χ2v) is 10.0. The van der Waals surface area contributed by atoms with Gasteiger partial charge in [0, 0.05) is 10.6 Å². The third kappa shape index (κ3) is 5.19. The second kappa shape index (κ2) is 10.2. The van der Waals surface area contributed by atoms with Crippen LogP contribution in [0.15, 0.2) is 42.5 Å². The third-order valence-corrected chi connectivity index (χ3v) is 7.56. The number of halogens is 2. The fourth-order valence-corrected chi connectivity index (χ4v) is 6.01. The number of hydrogen-bond donors (Lipinski definition) is 1. The zero-order chi connectivity index (χ0) is 23.5. The monoisotopic (exact) mass is 525 g/mol. The highest BCUT2D eigenvalue weighted by atomic mass is 35.5. The number of amides is 1. The summed E-state index contributed by atoms with van der Waals surface area (Å²) in [6, 6.07) is 12.2. The number of aliphatic carboxylic acids is 1. The molecule has 2 heterocycles. The number of nitrogens with zero attached hydrogens (tertiary/aromatic N) is 3. The topological polar surface area (TPSA) is 102 Å². The van der Waals surface area contributed by atoms with Crippen LogP contribution in [0.25, 0.3) is 0 Å². The Balaban J connectivity index is 1.60. The number of rotatable bonds is 8. The first kappa shape index (κ1) is 23.6. The molecule has 0 aliphatic carbocycles. The van der Waals surface area contributed by atoms with Crippen LogP contribution in [0, 0.1) is 0 Å². The molecule has 172 valence electrons. The number of aromatic nitrogens is 2. The molecule has 2 aromatic carbocycles. The molecule has 8 nitrogen and oxygen atoms in total. The number of anilines is 1. The van der Waals surface area contributed by atoms with Gasteiger partial charge >= 0.3 is 5.97 Å². The van der Waals surface area contributed by atoms with Crippen molar-refractivity contribution < 1.29 is 24.2 Å².